The molecule has 2 unspecified atom stereocenters. The minimum absolute atomic E-state index is 0.0401. The Labute approximate surface area is 134 Å². The Kier molecular flexibility index (Phi) is 3.49. The third kappa shape index (κ3) is 2.79. The number of amides is 1. The van der Waals surface area contributed by atoms with Crippen molar-refractivity contribution < 1.29 is 9.53 Å². The van der Waals surface area contributed by atoms with Gasteiger partial charge in [-0.05, 0) is 24.6 Å². The van der Waals surface area contributed by atoms with Gasteiger partial charge < -0.3 is 19.9 Å². The summed E-state index contributed by atoms with van der Waals surface area (Å²) in [5.74, 6) is 0.661. The van der Waals surface area contributed by atoms with Gasteiger partial charge >= 0.3 is 0 Å². The molecule has 7 heteroatoms. The molecular formula is C16H19N5O2. The quantitative estimate of drug-likeness (QED) is 0.892. The monoisotopic (exact) mass is 313 g/mol. The van der Waals surface area contributed by atoms with Crippen molar-refractivity contribution in [2.75, 3.05) is 25.0 Å². The van der Waals surface area contributed by atoms with Gasteiger partial charge in [0.15, 0.2) is 0 Å². The van der Waals surface area contributed by atoms with Crippen LogP contribution in [0.2, 0.25) is 0 Å². The average molecular weight is 313 g/mol. The molecule has 1 spiro atoms. The number of nitrogens with one attached hydrogen (secondary N) is 2. The van der Waals surface area contributed by atoms with Gasteiger partial charge in [-0.25, -0.2) is 9.97 Å². The lowest BCUT2D eigenvalue weighted by molar-refractivity contribution is 0.0124. The number of hydrogen-bond acceptors (Lipinski definition) is 5. The van der Waals surface area contributed by atoms with Gasteiger partial charge in [-0.15, -0.1) is 0 Å². The molecule has 4 heterocycles. The van der Waals surface area contributed by atoms with Gasteiger partial charge in [-0.3, -0.25) is 4.79 Å². The van der Waals surface area contributed by atoms with Crippen LogP contribution in [-0.4, -0.2) is 57.1 Å². The molecule has 0 radical (unpaired) electrons. The normalized spacial score (nSPS) is 26.8. The molecule has 2 saturated heterocycles. The molecule has 2 fully saturated rings. The Morgan fingerprint density at radius 2 is 2.26 bits per heavy atom. The van der Waals surface area contributed by atoms with Crippen molar-refractivity contribution in [3.8, 4) is 0 Å². The van der Waals surface area contributed by atoms with Crippen molar-refractivity contribution >= 4 is 11.9 Å². The molecular weight excluding hydrogens is 294 g/mol. The lowest BCUT2D eigenvalue weighted by Crippen LogP contribution is -2.36. The second-order valence-corrected chi connectivity index (χ2v) is 6.17. The topological polar surface area (TPSA) is 83.1 Å². The molecule has 4 rings (SSSR count). The van der Waals surface area contributed by atoms with Crippen molar-refractivity contribution in [2.45, 2.75) is 24.5 Å². The standard InChI is InChI=1S/C16H19N5O2/c22-14(13-3-1-5-17-13)21-8-4-16(11-21)9-12(10-23-16)20-15-18-6-2-7-19-15/h1-3,5-7,12,17H,4,8-11H2,(H,18,19,20). The Balaban J connectivity index is 1.38. The molecule has 0 saturated carbocycles. The van der Waals surface area contributed by atoms with Gasteiger partial charge in [-0.2, -0.15) is 0 Å². The lowest BCUT2D eigenvalue weighted by Gasteiger charge is -2.23. The van der Waals surface area contributed by atoms with E-state index in [9.17, 15) is 4.79 Å². The van der Waals surface area contributed by atoms with E-state index in [1.807, 2.05) is 11.0 Å². The summed E-state index contributed by atoms with van der Waals surface area (Å²) in [4.78, 5) is 25.6. The maximum absolute atomic E-state index is 12.4. The molecule has 0 aliphatic carbocycles. The van der Waals surface area contributed by atoms with Crippen molar-refractivity contribution in [3.63, 3.8) is 0 Å². The Morgan fingerprint density at radius 3 is 3.04 bits per heavy atom. The Morgan fingerprint density at radius 1 is 1.39 bits per heavy atom. The summed E-state index contributed by atoms with van der Waals surface area (Å²) in [6.45, 7) is 1.98. The molecule has 2 aromatic heterocycles. The van der Waals surface area contributed by atoms with Crippen molar-refractivity contribution in [3.05, 3.63) is 42.5 Å². The van der Waals surface area contributed by atoms with E-state index < -0.39 is 0 Å². The minimum atomic E-state index is -0.241. The number of rotatable bonds is 3. The molecule has 2 atom stereocenters. The Bertz CT molecular complexity index is 675. The second-order valence-electron chi connectivity index (χ2n) is 6.17. The SMILES string of the molecule is O=C(c1ccc[nH]1)N1CCC2(CC(Nc3ncccn3)CO2)C1. The van der Waals surface area contributed by atoms with Gasteiger partial charge in [0.25, 0.3) is 5.91 Å². The summed E-state index contributed by atoms with van der Waals surface area (Å²) in [7, 11) is 0. The van der Waals surface area contributed by atoms with Crippen LogP contribution in [0.1, 0.15) is 23.3 Å². The minimum Gasteiger partial charge on any atom is -0.371 e. The zero-order chi connectivity index (χ0) is 15.7. The predicted molar refractivity (Wildman–Crippen MR) is 84.1 cm³/mol. The fourth-order valence-electron chi connectivity index (χ4n) is 3.43. The maximum atomic E-state index is 12.4. The van der Waals surface area contributed by atoms with Gasteiger partial charge in [0.05, 0.1) is 24.8 Å². The smallest absolute Gasteiger partial charge is 0.270 e. The molecule has 0 bridgehead atoms. The molecule has 1 amide bonds. The van der Waals surface area contributed by atoms with Crippen molar-refractivity contribution in [1.82, 2.24) is 19.9 Å². The van der Waals surface area contributed by atoms with Gasteiger partial charge in [0.2, 0.25) is 5.95 Å². The van der Waals surface area contributed by atoms with E-state index >= 15 is 0 Å². The van der Waals surface area contributed by atoms with Crippen molar-refractivity contribution in [1.29, 1.82) is 0 Å². The molecule has 2 N–H and O–H groups in total. The van der Waals surface area contributed by atoms with Crippen LogP contribution in [0.25, 0.3) is 0 Å². The third-order valence-electron chi connectivity index (χ3n) is 4.54. The first-order chi connectivity index (χ1) is 11.2. The van der Waals surface area contributed by atoms with E-state index in [1.54, 1.807) is 30.7 Å². The van der Waals surface area contributed by atoms with Crippen LogP contribution >= 0.6 is 0 Å². The number of aromatic amines is 1. The van der Waals surface area contributed by atoms with E-state index in [2.05, 4.69) is 20.3 Å². The molecule has 7 nitrogen and oxygen atoms in total. The van der Waals surface area contributed by atoms with E-state index in [4.69, 9.17) is 4.74 Å². The first-order valence-corrected chi connectivity index (χ1v) is 7.84. The fraction of sp³-hybridized carbons (Fsp3) is 0.438. The van der Waals surface area contributed by atoms with Crippen LogP contribution in [0.15, 0.2) is 36.8 Å². The summed E-state index contributed by atoms with van der Waals surface area (Å²) in [5, 5.41) is 3.31. The maximum Gasteiger partial charge on any atom is 0.270 e. The second kappa shape index (κ2) is 5.66. The number of hydrogen-bond donors (Lipinski definition) is 2. The van der Waals surface area contributed by atoms with E-state index in [1.165, 1.54) is 0 Å². The third-order valence-corrected chi connectivity index (χ3v) is 4.54. The van der Waals surface area contributed by atoms with E-state index in [-0.39, 0.29) is 17.6 Å². The van der Waals surface area contributed by atoms with Gasteiger partial charge in [0, 0.05) is 31.6 Å². The Hall–Kier alpha value is -2.41. The summed E-state index contributed by atoms with van der Waals surface area (Å²) in [5.41, 5.74) is 0.390. The highest BCUT2D eigenvalue weighted by Crippen LogP contribution is 2.36. The summed E-state index contributed by atoms with van der Waals surface area (Å²) >= 11 is 0. The van der Waals surface area contributed by atoms with Crippen LogP contribution in [-0.2, 0) is 4.74 Å². The predicted octanol–water partition coefficient (Wildman–Crippen LogP) is 1.29. The lowest BCUT2D eigenvalue weighted by atomic mass is 9.97. The first-order valence-electron chi connectivity index (χ1n) is 7.84. The number of H-pyrrole nitrogens is 1. The highest BCUT2D eigenvalue weighted by molar-refractivity contribution is 5.92. The van der Waals surface area contributed by atoms with E-state index in [0.717, 1.165) is 19.4 Å². The van der Waals surface area contributed by atoms with Crippen LogP contribution < -0.4 is 5.32 Å². The number of nitrogens with zero attached hydrogens (tertiary/aromatic N) is 3. The summed E-state index contributed by atoms with van der Waals surface area (Å²) in [6, 6.07) is 5.61. The molecule has 2 aliphatic rings. The highest BCUT2D eigenvalue weighted by Gasteiger charge is 2.47. The first kappa shape index (κ1) is 14.2. The number of aromatic nitrogens is 3. The zero-order valence-electron chi connectivity index (χ0n) is 12.7. The van der Waals surface area contributed by atoms with Gasteiger partial charge in [-0.1, -0.05) is 0 Å². The van der Waals surface area contributed by atoms with Crippen LogP contribution in [0, 0.1) is 0 Å². The number of carbonyl (C=O) groups is 1. The molecule has 2 aliphatic heterocycles. The van der Waals surface area contributed by atoms with Gasteiger partial charge in [0.1, 0.15) is 5.69 Å². The molecule has 23 heavy (non-hydrogen) atoms. The van der Waals surface area contributed by atoms with Crippen LogP contribution in [0.3, 0.4) is 0 Å². The van der Waals surface area contributed by atoms with E-state index in [0.29, 0.717) is 24.8 Å². The summed E-state index contributed by atoms with van der Waals surface area (Å²) < 4.78 is 6.06. The number of likely N-dealkylation sites (tertiary alicyclic amines) is 1. The van der Waals surface area contributed by atoms with Crippen molar-refractivity contribution in [2.24, 2.45) is 0 Å². The highest BCUT2D eigenvalue weighted by atomic mass is 16.5. The average Bonchev–Trinajstić information content (AvgIpc) is 3.31. The van der Waals surface area contributed by atoms with Crippen LogP contribution in [0.5, 0.6) is 0 Å². The number of anilines is 1. The van der Waals surface area contributed by atoms with Crippen LogP contribution in [0.4, 0.5) is 5.95 Å². The number of carbonyl (C=O) groups excluding carboxylic acids is 1. The number of ether oxygens (including phenoxy) is 1. The fourth-order valence-corrected chi connectivity index (χ4v) is 3.43. The molecule has 0 aromatic carbocycles. The largest absolute Gasteiger partial charge is 0.371 e. The zero-order valence-corrected chi connectivity index (χ0v) is 12.7. The molecule has 2 aromatic rings. The molecule has 120 valence electrons. The summed E-state index contributed by atoms with van der Waals surface area (Å²) in [6.07, 6.45) is 6.93.